The number of hydrogen-bond acceptors (Lipinski definition) is 7. The maximum atomic E-state index is 13.1. The second-order valence-electron chi connectivity index (χ2n) is 12.8. The molecule has 12 heteroatoms. The number of amides is 1. The van der Waals surface area contributed by atoms with Crippen molar-refractivity contribution in [2.75, 3.05) is 31.1 Å². The van der Waals surface area contributed by atoms with Crippen molar-refractivity contribution in [3.8, 4) is 6.07 Å². The molecule has 4 aromatic rings. The molecule has 2 saturated heterocycles. The minimum Gasteiger partial charge on any atom is -0.355 e. The Labute approximate surface area is 270 Å². The highest BCUT2D eigenvalue weighted by molar-refractivity contribution is 7.18. The van der Waals surface area contributed by atoms with E-state index in [-0.39, 0.29) is 16.2 Å². The second kappa shape index (κ2) is 12.3. The number of nitrogens with zero attached hydrogens (tertiary/aromatic N) is 6. The number of carbonyl (C=O) groups excluding carboxylic acids is 1. The number of rotatable bonds is 9. The fourth-order valence-electron chi connectivity index (χ4n) is 7.06. The third kappa shape index (κ3) is 6.48. The summed E-state index contributed by atoms with van der Waals surface area (Å²) in [5.74, 6) is 1.25. The number of benzene rings is 1. The maximum absolute atomic E-state index is 13.1. The first-order chi connectivity index (χ1) is 21.9. The highest BCUT2D eigenvalue weighted by Crippen LogP contribution is 2.44. The van der Waals surface area contributed by atoms with E-state index in [1.165, 1.54) is 5.56 Å². The van der Waals surface area contributed by atoms with Crippen LogP contribution in [0.1, 0.15) is 60.1 Å². The summed E-state index contributed by atoms with van der Waals surface area (Å²) in [7, 11) is 0. The minimum atomic E-state index is -4.26. The number of nitrogens with one attached hydrogen (secondary N) is 1. The van der Waals surface area contributed by atoms with E-state index in [0.717, 1.165) is 79.2 Å². The van der Waals surface area contributed by atoms with Crippen LogP contribution in [0.15, 0.2) is 36.5 Å². The van der Waals surface area contributed by atoms with Crippen molar-refractivity contribution in [3.05, 3.63) is 64.1 Å². The molecule has 1 aromatic carbocycles. The maximum Gasteiger partial charge on any atom is 0.393 e. The van der Waals surface area contributed by atoms with Gasteiger partial charge in [0.1, 0.15) is 28.2 Å². The van der Waals surface area contributed by atoms with Gasteiger partial charge in [0.15, 0.2) is 0 Å². The largest absolute Gasteiger partial charge is 0.393 e. The second-order valence-corrected chi connectivity index (χ2v) is 13.9. The van der Waals surface area contributed by atoms with Crippen LogP contribution in [0, 0.1) is 30.6 Å². The van der Waals surface area contributed by atoms with Gasteiger partial charge in [-0.25, -0.2) is 9.97 Å². The Kier molecular flexibility index (Phi) is 8.59. The van der Waals surface area contributed by atoms with Gasteiger partial charge in [0.05, 0.1) is 11.8 Å². The van der Waals surface area contributed by atoms with E-state index in [4.69, 9.17) is 4.98 Å². The highest BCUT2D eigenvalue weighted by atomic mass is 32.1. The van der Waals surface area contributed by atoms with Gasteiger partial charge in [-0.2, -0.15) is 18.4 Å². The number of nitriles is 1. The molecule has 46 heavy (non-hydrogen) atoms. The lowest BCUT2D eigenvalue weighted by Gasteiger charge is -2.26. The number of halogens is 3. The first kappa shape index (κ1) is 32.0. The van der Waals surface area contributed by atoms with Crippen LogP contribution >= 0.6 is 11.3 Å². The number of likely N-dealkylation sites (tertiary alicyclic amines) is 1. The Bertz CT molecular complexity index is 1870. The van der Waals surface area contributed by atoms with E-state index in [1.54, 1.807) is 19.9 Å². The van der Waals surface area contributed by atoms with Crippen LogP contribution in [-0.2, 0) is 24.3 Å². The number of aryl methyl sites for hydroxylation is 3. The molecule has 1 spiro atoms. The van der Waals surface area contributed by atoms with Gasteiger partial charge in [-0.05, 0) is 62.6 Å². The Morgan fingerprint density at radius 2 is 1.93 bits per heavy atom. The van der Waals surface area contributed by atoms with Gasteiger partial charge < -0.3 is 14.8 Å². The standard InChI is InChI=1S/C34H38F3N7OS/c1-5-30(45)39-21(2)8-11-44-25(17-38)14-27-22(3)24(6-7-29(27)44)18-42-12-9-33(19-42)10-13-43(20-33)31-28-15-26(16-34(35,36)37)46-32(28)41-23(4)40-31/h6-7,14-15H,2,5,8-13,16,18-20H2,1,3-4H3,(H,39,45). The first-order valence-corrected chi connectivity index (χ1v) is 16.5. The van der Waals surface area contributed by atoms with Crippen molar-refractivity contribution in [2.45, 2.75) is 72.1 Å². The predicted octanol–water partition coefficient (Wildman–Crippen LogP) is 6.77. The third-order valence-corrected chi connectivity index (χ3v) is 10.4. The van der Waals surface area contributed by atoms with E-state index in [9.17, 15) is 23.2 Å². The molecule has 0 radical (unpaired) electrons. The Balaban J connectivity index is 1.15. The summed E-state index contributed by atoms with van der Waals surface area (Å²) in [6.45, 7) is 14.6. The third-order valence-electron chi connectivity index (χ3n) is 9.42. The molecule has 8 nitrogen and oxygen atoms in total. The van der Waals surface area contributed by atoms with Crippen LogP contribution < -0.4 is 10.2 Å². The van der Waals surface area contributed by atoms with Crippen LogP contribution in [0.4, 0.5) is 19.0 Å². The summed E-state index contributed by atoms with van der Waals surface area (Å²) in [6.07, 6.45) is -2.23. The lowest BCUT2D eigenvalue weighted by atomic mass is 9.86. The average molecular weight is 650 g/mol. The smallest absolute Gasteiger partial charge is 0.355 e. The van der Waals surface area contributed by atoms with Crippen LogP contribution in [-0.4, -0.2) is 57.7 Å². The first-order valence-electron chi connectivity index (χ1n) is 15.7. The van der Waals surface area contributed by atoms with Crippen LogP contribution in [0.5, 0.6) is 0 Å². The van der Waals surface area contributed by atoms with Crippen molar-refractivity contribution in [2.24, 2.45) is 5.41 Å². The molecular formula is C34H38F3N7OS. The van der Waals surface area contributed by atoms with Crippen molar-refractivity contribution in [1.82, 2.24) is 24.8 Å². The van der Waals surface area contributed by atoms with Gasteiger partial charge in [-0.1, -0.05) is 19.6 Å². The molecule has 2 aliphatic heterocycles. The van der Waals surface area contributed by atoms with E-state index in [1.807, 2.05) is 10.6 Å². The number of allylic oxidation sites excluding steroid dienone is 1. The van der Waals surface area contributed by atoms with Crippen LogP contribution in [0.2, 0.25) is 0 Å². The normalized spacial score (nSPS) is 18.7. The molecule has 242 valence electrons. The lowest BCUT2D eigenvalue weighted by Crippen LogP contribution is -2.31. The topological polar surface area (TPSA) is 90.1 Å². The van der Waals surface area contributed by atoms with Gasteiger partial charge in [0, 0.05) is 72.5 Å². The quantitative estimate of drug-likeness (QED) is 0.215. The summed E-state index contributed by atoms with van der Waals surface area (Å²) in [6, 6.07) is 10.2. The Morgan fingerprint density at radius 3 is 2.67 bits per heavy atom. The zero-order chi connectivity index (χ0) is 32.8. The lowest BCUT2D eigenvalue weighted by molar-refractivity contribution is -0.126. The number of aromatic nitrogens is 3. The fraction of sp³-hybridized carbons (Fsp3) is 0.471. The minimum absolute atomic E-state index is 0.0697. The van der Waals surface area contributed by atoms with Gasteiger partial charge in [-0.3, -0.25) is 9.69 Å². The van der Waals surface area contributed by atoms with E-state index >= 15 is 0 Å². The van der Waals surface area contributed by atoms with Crippen molar-refractivity contribution >= 4 is 44.2 Å². The van der Waals surface area contributed by atoms with E-state index in [2.05, 4.69) is 51.8 Å². The molecule has 2 fully saturated rings. The molecule has 6 rings (SSSR count). The SMILES string of the molecule is C=C(CCn1c(C#N)cc2c(C)c(CN3CCC4(CCN(c5nc(C)nc6sc(CC(F)(F)F)cc56)C4)C3)ccc21)NC(=O)CC. The van der Waals surface area contributed by atoms with Crippen molar-refractivity contribution < 1.29 is 18.0 Å². The summed E-state index contributed by atoms with van der Waals surface area (Å²) < 4.78 is 41.3. The van der Waals surface area contributed by atoms with E-state index < -0.39 is 12.6 Å². The van der Waals surface area contributed by atoms with Gasteiger partial charge in [-0.15, -0.1) is 11.3 Å². The molecule has 1 amide bonds. The highest BCUT2D eigenvalue weighted by Gasteiger charge is 2.44. The van der Waals surface area contributed by atoms with Crippen LogP contribution in [0.25, 0.3) is 21.1 Å². The summed E-state index contributed by atoms with van der Waals surface area (Å²) in [5, 5.41) is 14.4. The molecule has 2 aliphatic rings. The molecule has 3 aromatic heterocycles. The monoisotopic (exact) mass is 649 g/mol. The molecule has 0 saturated carbocycles. The Hall–Kier alpha value is -3.95. The van der Waals surface area contributed by atoms with Crippen LogP contribution in [0.3, 0.4) is 0 Å². The molecule has 1 atom stereocenters. The number of thiophene rings is 1. The van der Waals surface area contributed by atoms with Crippen molar-refractivity contribution in [1.29, 1.82) is 5.26 Å². The van der Waals surface area contributed by atoms with E-state index in [0.29, 0.717) is 46.8 Å². The van der Waals surface area contributed by atoms with Gasteiger partial charge in [0.2, 0.25) is 5.91 Å². The molecule has 1 unspecified atom stereocenters. The zero-order valence-electron chi connectivity index (χ0n) is 26.4. The summed E-state index contributed by atoms with van der Waals surface area (Å²) in [5.41, 5.74) is 4.70. The summed E-state index contributed by atoms with van der Waals surface area (Å²) in [4.78, 5) is 26.5. The molecule has 0 bridgehead atoms. The Morgan fingerprint density at radius 1 is 1.15 bits per heavy atom. The molecule has 5 heterocycles. The summed E-state index contributed by atoms with van der Waals surface area (Å²) >= 11 is 1.10. The molecule has 1 N–H and O–H groups in total. The van der Waals surface area contributed by atoms with Gasteiger partial charge >= 0.3 is 6.18 Å². The number of hydrogen-bond donors (Lipinski definition) is 1. The fourth-order valence-corrected chi connectivity index (χ4v) is 8.16. The molecular weight excluding hydrogens is 611 g/mol. The predicted molar refractivity (Wildman–Crippen MR) is 175 cm³/mol. The van der Waals surface area contributed by atoms with Crippen molar-refractivity contribution in [3.63, 3.8) is 0 Å². The average Bonchev–Trinajstić information content (AvgIpc) is 3.77. The number of carbonyl (C=O) groups is 1. The number of anilines is 1. The van der Waals surface area contributed by atoms with Gasteiger partial charge in [0.25, 0.3) is 0 Å². The zero-order valence-corrected chi connectivity index (χ0v) is 27.2. The molecule has 0 aliphatic carbocycles. The number of fused-ring (bicyclic) bond motifs is 2. The number of alkyl halides is 3.